The second-order valence-corrected chi connectivity index (χ2v) is 4.52. The minimum Gasteiger partial charge on any atom is -0.341 e. The fourth-order valence-electron chi connectivity index (χ4n) is 2.02. The minimum atomic E-state index is -0.562. The molecule has 2 fully saturated rings. The van der Waals surface area contributed by atoms with Crippen molar-refractivity contribution in [3.8, 4) is 0 Å². The van der Waals surface area contributed by atoms with Gasteiger partial charge in [-0.25, -0.2) is 5.48 Å². The summed E-state index contributed by atoms with van der Waals surface area (Å²) in [7, 11) is 0. The molecule has 6 nitrogen and oxygen atoms in total. The second kappa shape index (κ2) is 4.39. The first-order valence-corrected chi connectivity index (χ1v) is 5.59. The van der Waals surface area contributed by atoms with Gasteiger partial charge in [-0.1, -0.05) is 0 Å². The molecule has 0 aromatic rings. The maximum atomic E-state index is 12.0. The van der Waals surface area contributed by atoms with E-state index in [-0.39, 0.29) is 18.4 Å². The molecule has 2 heterocycles. The quantitative estimate of drug-likeness (QED) is 0.569. The van der Waals surface area contributed by atoms with Crippen molar-refractivity contribution < 1.29 is 14.4 Å². The summed E-state index contributed by atoms with van der Waals surface area (Å²) in [5.74, 6) is -0.411. The minimum absolute atomic E-state index is 0.127. The van der Waals surface area contributed by atoms with Crippen LogP contribution in [0.4, 0.5) is 0 Å². The van der Waals surface area contributed by atoms with E-state index in [0.717, 1.165) is 25.8 Å². The molecule has 3 N–H and O–H groups in total. The molecule has 0 aromatic heterocycles. The number of carbonyl (C=O) groups excluding carboxylic acids is 2. The Morgan fingerprint density at radius 1 is 1.56 bits per heavy atom. The lowest BCUT2D eigenvalue weighted by Crippen LogP contribution is -2.59. The van der Waals surface area contributed by atoms with E-state index in [9.17, 15) is 9.59 Å². The van der Waals surface area contributed by atoms with Crippen LogP contribution in [0, 0.1) is 0 Å². The average Bonchev–Trinajstić information content (AvgIpc) is 2.65. The van der Waals surface area contributed by atoms with E-state index in [1.165, 1.54) is 0 Å². The maximum absolute atomic E-state index is 12.0. The van der Waals surface area contributed by atoms with E-state index in [0.29, 0.717) is 0 Å². The third-order valence-electron chi connectivity index (χ3n) is 3.16. The van der Waals surface area contributed by atoms with Crippen LogP contribution in [0.25, 0.3) is 0 Å². The standard InChI is InChI=1S/C10H17N3O3/c1-10(4-2-3-5-11-10)9(15)12-7-6-16-13-8(7)14/h7,11H,2-6H2,1H3,(H,12,15)(H,13,14)/t7-,10?/m1/s1. The Kier molecular flexibility index (Phi) is 3.11. The normalized spacial score (nSPS) is 34.6. The molecule has 2 aliphatic heterocycles. The largest absolute Gasteiger partial charge is 0.341 e. The van der Waals surface area contributed by atoms with Gasteiger partial charge in [0.15, 0.2) is 0 Å². The highest BCUT2D eigenvalue weighted by Gasteiger charge is 2.37. The molecular formula is C10H17N3O3. The highest BCUT2D eigenvalue weighted by Crippen LogP contribution is 2.19. The van der Waals surface area contributed by atoms with Gasteiger partial charge in [0.1, 0.15) is 12.6 Å². The summed E-state index contributed by atoms with van der Waals surface area (Å²) < 4.78 is 0. The lowest BCUT2D eigenvalue weighted by Gasteiger charge is -2.33. The summed E-state index contributed by atoms with van der Waals surface area (Å²) in [5.41, 5.74) is 1.66. The van der Waals surface area contributed by atoms with Gasteiger partial charge in [-0.3, -0.25) is 14.4 Å². The van der Waals surface area contributed by atoms with Gasteiger partial charge in [-0.05, 0) is 32.7 Å². The third kappa shape index (κ3) is 2.17. The van der Waals surface area contributed by atoms with Gasteiger partial charge in [-0.15, -0.1) is 0 Å². The molecule has 2 aliphatic rings. The fourth-order valence-corrected chi connectivity index (χ4v) is 2.02. The maximum Gasteiger partial charge on any atom is 0.268 e. The van der Waals surface area contributed by atoms with Crippen LogP contribution in [0.1, 0.15) is 26.2 Å². The van der Waals surface area contributed by atoms with Gasteiger partial charge >= 0.3 is 0 Å². The Hall–Kier alpha value is -1.14. The molecular weight excluding hydrogens is 210 g/mol. The third-order valence-corrected chi connectivity index (χ3v) is 3.16. The molecule has 2 rings (SSSR count). The summed E-state index contributed by atoms with van der Waals surface area (Å²) in [6.07, 6.45) is 2.92. The van der Waals surface area contributed by atoms with Gasteiger partial charge in [0.05, 0.1) is 5.54 Å². The molecule has 16 heavy (non-hydrogen) atoms. The van der Waals surface area contributed by atoms with Crippen molar-refractivity contribution in [2.45, 2.75) is 37.8 Å². The lowest BCUT2D eigenvalue weighted by atomic mass is 9.90. The number of hydrogen-bond acceptors (Lipinski definition) is 4. The van der Waals surface area contributed by atoms with Crippen molar-refractivity contribution in [2.24, 2.45) is 0 Å². The van der Waals surface area contributed by atoms with Crippen molar-refractivity contribution in [3.63, 3.8) is 0 Å². The molecule has 90 valence electrons. The van der Waals surface area contributed by atoms with Crippen LogP contribution in [0.5, 0.6) is 0 Å². The van der Waals surface area contributed by atoms with E-state index in [1.54, 1.807) is 0 Å². The first kappa shape index (κ1) is 11.3. The molecule has 2 atom stereocenters. The van der Waals surface area contributed by atoms with E-state index in [2.05, 4.69) is 16.1 Å². The Morgan fingerprint density at radius 2 is 2.38 bits per heavy atom. The second-order valence-electron chi connectivity index (χ2n) is 4.52. The Labute approximate surface area is 94.1 Å². The number of amides is 2. The van der Waals surface area contributed by atoms with Crippen LogP contribution in [-0.4, -0.2) is 36.5 Å². The van der Waals surface area contributed by atoms with Crippen LogP contribution >= 0.6 is 0 Å². The van der Waals surface area contributed by atoms with Gasteiger partial charge < -0.3 is 10.6 Å². The number of hydroxylamine groups is 1. The van der Waals surface area contributed by atoms with Crippen LogP contribution in [-0.2, 0) is 14.4 Å². The van der Waals surface area contributed by atoms with Gasteiger partial charge in [0.25, 0.3) is 5.91 Å². The first-order valence-electron chi connectivity index (χ1n) is 5.59. The van der Waals surface area contributed by atoms with Crippen LogP contribution < -0.4 is 16.1 Å². The molecule has 0 radical (unpaired) electrons. The molecule has 1 unspecified atom stereocenters. The Bertz CT molecular complexity index is 300. The summed E-state index contributed by atoms with van der Waals surface area (Å²) in [4.78, 5) is 28.0. The Balaban J connectivity index is 1.93. The number of hydrogen-bond donors (Lipinski definition) is 3. The van der Waals surface area contributed by atoms with Gasteiger partial charge in [0, 0.05) is 0 Å². The van der Waals surface area contributed by atoms with E-state index < -0.39 is 11.6 Å². The van der Waals surface area contributed by atoms with Crippen molar-refractivity contribution in [1.29, 1.82) is 0 Å². The molecule has 0 bridgehead atoms. The van der Waals surface area contributed by atoms with E-state index in [4.69, 9.17) is 4.84 Å². The van der Waals surface area contributed by atoms with E-state index in [1.807, 2.05) is 6.92 Å². The molecule has 2 saturated heterocycles. The smallest absolute Gasteiger partial charge is 0.268 e. The van der Waals surface area contributed by atoms with Crippen LogP contribution in [0.3, 0.4) is 0 Å². The summed E-state index contributed by atoms with van der Waals surface area (Å²) >= 11 is 0. The number of rotatable bonds is 2. The van der Waals surface area contributed by atoms with Gasteiger partial charge in [0.2, 0.25) is 5.91 Å². The number of nitrogens with one attached hydrogen (secondary N) is 3. The molecule has 0 aliphatic carbocycles. The average molecular weight is 227 g/mol. The SMILES string of the molecule is CC1(C(=O)N[C@@H]2CONC2=O)CCCCN1. The van der Waals surface area contributed by atoms with Crippen molar-refractivity contribution in [3.05, 3.63) is 0 Å². The molecule has 2 amide bonds. The number of carbonyl (C=O) groups is 2. The topological polar surface area (TPSA) is 79.5 Å². The summed E-state index contributed by atoms with van der Waals surface area (Å²) in [6, 6.07) is -0.562. The molecule has 0 spiro atoms. The predicted molar refractivity (Wildman–Crippen MR) is 56.3 cm³/mol. The van der Waals surface area contributed by atoms with Crippen molar-refractivity contribution >= 4 is 11.8 Å². The zero-order valence-electron chi connectivity index (χ0n) is 9.34. The lowest BCUT2D eigenvalue weighted by molar-refractivity contribution is -0.132. The molecule has 0 aromatic carbocycles. The highest BCUT2D eigenvalue weighted by atomic mass is 16.7. The summed E-state index contributed by atoms with van der Waals surface area (Å²) in [6.45, 7) is 2.91. The van der Waals surface area contributed by atoms with Crippen molar-refractivity contribution in [1.82, 2.24) is 16.1 Å². The summed E-state index contributed by atoms with van der Waals surface area (Å²) in [5, 5.41) is 5.90. The van der Waals surface area contributed by atoms with Gasteiger partial charge in [-0.2, -0.15) is 0 Å². The van der Waals surface area contributed by atoms with Crippen LogP contribution in [0.2, 0.25) is 0 Å². The highest BCUT2D eigenvalue weighted by molar-refractivity contribution is 5.92. The predicted octanol–water partition coefficient (Wildman–Crippen LogP) is -0.935. The monoisotopic (exact) mass is 227 g/mol. The zero-order valence-corrected chi connectivity index (χ0v) is 9.34. The molecule has 0 saturated carbocycles. The first-order chi connectivity index (χ1) is 7.62. The Morgan fingerprint density at radius 3 is 2.94 bits per heavy atom. The molecule has 6 heteroatoms. The van der Waals surface area contributed by atoms with E-state index >= 15 is 0 Å². The fraction of sp³-hybridized carbons (Fsp3) is 0.800. The van der Waals surface area contributed by atoms with Crippen LogP contribution in [0.15, 0.2) is 0 Å². The number of piperidine rings is 1. The van der Waals surface area contributed by atoms with Crippen molar-refractivity contribution in [2.75, 3.05) is 13.2 Å². The zero-order chi connectivity index (χ0) is 11.6.